The Kier molecular flexibility index (Phi) is 5.42. The zero-order valence-corrected chi connectivity index (χ0v) is 16.3. The molecule has 1 aliphatic rings. The quantitative estimate of drug-likeness (QED) is 0.463. The third kappa shape index (κ3) is 3.66. The molecule has 0 saturated carbocycles. The van der Waals surface area contributed by atoms with Crippen molar-refractivity contribution in [3.63, 3.8) is 0 Å². The summed E-state index contributed by atoms with van der Waals surface area (Å²) in [5.74, 6) is 0.172. The predicted molar refractivity (Wildman–Crippen MR) is 98.1 cm³/mol. The van der Waals surface area contributed by atoms with Gasteiger partial charge in [0.1, 0.15) is 23.8 Å². The van der Waals surface area contributed by atoms with Gasteiger partial charge in [-0.15, -0.1) is 0 Å². The number of methoxy groups -OCH3 is 2. The van der Waals surface area contributed by atoms with Crippen molar-refractivity contribution in [2.24, 2.45) is 0 Å². The summed E-state index contributed by atoms with van der Waals surface area (Å²) < 4.78 is 36.2. The first-order valence-corrected chi connectivity index (χ1v) is 10.9. The third-order valence-electron chi connectivity index (χ3n) is 3.95. The zero-order chi connectivity index (χ0) is 19.1. The molecule has 1 fully saturated rings. The van der Waals surface area contributed by atoms with Crippen LogP contribution in [0.1, 0.15) is 6.23 Å². The number of nitrogens with zero attached hydrogens (tertiary/aromatic N) is 4. The Morgan fingerprint density at radius 3 is 2.69 bits per heavy atom. The predicted octanol–water partition coefficient (Wildman–Crippen LogP) is 0.687. The molecule has 2 unspecified atom stereocenters. The molecule has 0 radical (unpaired) electrons. The number of nitrogen functional groups attached to an aromatic ring is 2. The maximum absolute atomic E-state index is 12.1. The van der Waals surface area contributed by atoms with Crippen molar-refractivity contribution in [2.75, 3.05) is 39.0 Å². The van der Waals surface area contributed by atoms with E-state index in [0.717, 1.165) is 0 Å². The largest absolute Gasteiger partial charge is 0.382 e. The second-order valence-electron chi connectivity index (χ2n) is 5.88. The highest BCUT2D eigenvalue weighted by atomic mass is 32.7. The standard InChI is InChI=1S/C13H21N6O5PS/c1-21-4-6-8(24-25(3,20)26)9(22-2)12(23-6)19-5-16-7-10(14)17-13(15)18-11(7)19/h5-6,8-9,12H,4H2,1-3H3,(H,20,26)(H4,14,15,17,18)/t6-,8+,9?,12-,25?/m1/s1. The lowest BCUT2D eigenvalue weighted by Gasteiger charge is -2.24. The minimum atomic E-state index is -3.11. The Bertz CT molecular complexity index is 844. The third-order valence-corrected chi connectivity index (χ3v) is 4.86. The van der Waals surface area contributed by atoms with Crippen LogP contribution in [0.4, 0.5) is 11.8 Å². The highest BCUT2D eigenvalue weighted by molar-refractivity contribution is 8.46. The summed E-state index contributed by atoms with van der Waals surface area (Å²) in [5, 5.41) is 0. The highest BCUT2D eigenvalue weighted by Gasteiger charge is 2.49. The van der Waals surface area contributed by atoms with E-state index >= 15 is 0 Å². The molecule has 144 valence electrons. The van der Waals surface area contributed by atoms with Gasteiger partial charge in [-0.3, -0.25) is 9.13 Å². The number of nitrogens with two attached hydrogens (primary N) is 2. The van der Waals surface area contributed by atoms with E-state index in [1.807, 2.05) is 0 Å². The van der Waals surface area contributed by atoms with Crippen LogP contribution in [-0.4, -0.2) is 65.3 Å². The zero-order valence-electron chi connectivity index (χ0n) is 14.5. The molecule has 2 aromatic rings. The van der Waals surface area contributed by atoms with Crippen LogP contribution in [0.3, 0.4) is 0 Å². The van der Waals surface area contributed by atoms with Crippen LogP contribution in [-0.2, 0) is 23.3 Å². The van der Waals surface area contributed by atoms with Crippen molar-refractivity contribution < 1.29 is 23.3 Å². The van der Waals surface area contributed by atoms with Crippen molar-refractivity contribution in [3.05, 3.63) is 6.33 Å². The van der Waals surface area contributed by atoms with Crippen molar-refractivity contribution in [3.8, 4) is 0 Å². The van der Waals surface area contributed by atoms with Crippen LogP contribution in [0.2, 0.25) is 0 Å². The van der Waals surface area contributed by atoms with Gasteiger partial charge in [-0.2, -0.15) is 9.97 Å². The monoisotopic (exact) mass is 404 g/mol. The maximum Gasteiger partial charge on any atom is 0.252 e. The molecule has 2 aromatic heterocycles. The van der Waals surface area contributed by atoms with Crippen molar-refractivity contribution >= 4 is 41.7 Å². The number of aromatic nitrogens is 4. The number of rotatable bonds is 6. The minimum Gasteiger partial charge on any atom is -0.382 e. The highest BCUT2D eigenvalue weighted by Crippen LogP contribution is 2.52. The molecule has 0 bridgehead atoms. The molecule has 1 aliphatic heterocycles. The number of hydrogen-bond acceptors (Lipinski definition) is 10. The number of fused-ring (bicyclic) bond motifs is 1. The van der Waals surface area contributed by atoms with Gasteiger partial charge in [0.05, 0.1) is 12.9 Å². The topological polar surface area (TPSA) is 150 Å². The number of imidazole rings is 1. The molecule has 0 aromatic carbocycles. The normalized spacial score (nSPS) is 28.5. The fraction of sp³-hybridized carbons (Fsp3) is 0.615. The molecular formula is C13H21N6O5PS. The molecular weight excluding hydrogens is 383 g/mol. The summed E-state index contributed by atoms with van der Waals surface area (Å²) in [6.45, 7) is -1.49. The molecule has 3 heterocycles. The lowest BCUT2D eigenvalue weighted by atomic mass is 10.1. The molecule has 3 rings (SSSR count). The smallest absolute Gasteiger partial charge is 0.252 e. The molecule has 1 saturated heterocycles. The fourth-order valence-electron chi connectivity index (χ4n) is 2.98. The molecule has 13 heteroatoms. The van der Waals surface area contributed by atoms with Gasteiger partial charge < -0.3 is 30.2 Å². The van der Waals surface area contributed by atoms with E-state index < -0.39 is 31.1 Å². The van der Waals surface area contributed by atoms with Crippen molar-refractivity contribution in [1.82, 2.24) is 19.5 Å². The van der Waals surface area contributed by atoms with E-state index in [-0.39, 0.29) is 18.4 Å². The molecule has 0 aliphatic carbocycles. The molecule has 4 N–H and O–H groups in total. The Morgan fingerprint density at radius 1 is 1.35 bits per heavy atom. The summed E-state index contributed by atoms with van der Waals surface area (Å²) >= 11 is 4.02. The minimum absolute atomic E-state index is 0.0124. The van der Waals surface area contributed by atoms with Crippen LogP contribution >= 0.6 is 18.8 Å². The van der Waals surface area contributed by atoms with E-state index in [0.29, 0.717) is 11.2 Å². The molecule has 5 atom stereocenters. The first kappa shape index (κ1) is 19.3. The summed E-state index contributed by atoms with van der Waals surface area (Å²) in [7, 11) is 3.03. The van der Waals surface area contributed by atoms with Gasteiger partial charge in [-0.25, -0.2) is 4.98 Å². The lowest BCUT2D eigenvalue weighted by molar-refractivity contribution is -0.0628. The molecule has 11 nitrogen and oxygen atoms in total. The van der Waals surface area contributed by atoms with Gasteiger partial charge >= 0.3 is 0 Å². The summed E-state index contributed by atoms with van der Waals surface area (Å²) in [6.07, 6.45) is -1.00. The van der Waals surface area contributed by atoms with Gasteiger partial charge in [0, 0.05) is 20.9 Å². The van der Waals surface area contributed by atoms with E-state index in [2.05, 4.69) is 27.2 Å². The van der Waals surface area contributed by atoms with Gasteiger partial charge in [0.2, 0.25) is 5.95 Å². The van der Waals surface area contributed by atoms with Gasteiger partial charge in [-0.05, 0) is 0 Å². The molecule has 0 amide bonds. The van der Waals surface area contributed by atoms with Crippen molar-refractivity contribution in [1.29, 1.82) is 0 Å². The Balaban J connectivity index is 2.03. The van der Waals surface area contributed by atoms with Gasteiger partial charge in [0.15, 0.2) is 17.7 Å². The second kappa shape index (κ2) is 7.29. The first-order chi connectivity index (χ1) is 12.2. The van der Waals surface area contributed by atoms with Gasteiger partial charge in [-0.1, -0.05) is 12.2 Å². The van der Waals surface area contributed by atoms with E-state index in [4.69, 9.17) is 30.2 Å². The van der Waals surface area contributed by atoms with Crippen LogP contribution in [0.25, 0.3) is 11.2 Å². The fourth-order valence-corrected chi connectivity index (χ4v) is 4.01. The van der Waals surface area contributed by atoms with Crippen molar-refractivity contribution in [2.45, 2.75) is 24.5 Å². The van der Waals surface area contributed by atoms with Crippen LogP contribution in [0.5, 0.6) is 0 Å². The Labute approximate surface area is 155 Å². The number of anilines is 2. The SMILES string of the molecule is COC[C@H]1O[C@@H](n2cnc3c(N)nc(N)nc32)C(OC)[C@H]1OP(C)(=O)S. The molecule has 26 heavy (non-hydrogen) atoms. The average molecular weight is 404 g/mol. The van der Waals surface area contributed by atoms with Crippen LogP contribution < -0.4 is 11.5 Å². The lowest BCUT2D eigenvalue weighted by Crippen LogP contribution is -2.36. The van der Waals surface area contributed by atoms with E-state index in [1.165, 1.54) is 27.2 Å². The Hall–Kier alpha value is -1.43. The number of ether oxygens (including phenoxy) is 3. The first-order valence-electron chi connectivity index (χ1n) is 7.66. The van der Waals surface area contributed by atoms with Crippen LogP contribution in [0, 0.1) is 0 Å². The second-order valence-corrected chi connectivity index (χ2v) is 9.88. The summed E-state index contributed by atoms with van der Waals surface area (Å²) in [4.78, 5) is 12.3. The number of thiol groups is 1. The van der Waals surface area contributed by atoms with Gasteiger partial charge in [0.25, 0.3) is 6.57 Å². The summed E-state index contributed by atoms with van der Waals surface area (Å²) in [6, 6.07) is 0. The maximum atomic E-state index is 12.1. The summed E-state index contributed by atoms with van der Waals surface area (Å²) in [5.41, 5.74) is 12.3. The van der Waals surface area contributed by atoms with E-state index in [1.54, 1.807) is 4.57 Å². The molecule has 0 spiro atoms. The van der Waals surface area contributed by atoms with Crippen LogP contribution in [0.15, 0.2) is 6.33 Å². The average Bonchev–Trinajstić information content (AvgIpc) is 3.08. The number of hydrogen-bond donors (Lipinski definition) is 3. The Morgan fingerprint density at radius 2 is 2.08 bits per heavy atom. The van der Waals surface area contributed by atoms with E-state index in [9.17, 15) is 4.57 Å².